The molecule has 136 valence electrons. The summed E-state index contributed by atoms with van der Waals surface area (Å²) >= 11 is 0. The Morgan fingerprint density at radius 1 is 1.15 bits per heavy atom. The lowest BCUT2D eigenvalue weighted by Gasteiger charge is -2.38. The quantitative estimate of drug-likeness (QED) is 0.914. The van der Waals surface area contributed by atoms with Gasteiger partial charge in [-0.1, -0.05) is 12.1 Å². The summed E-state index contributed by atoms with van der Waals surface area (Å²) in [6.45, 7) is 2.20. The number of hydrogen-bond donors (Lipinski definition) is 1. The Hall–Kier alpha value is -2.47. The van der Waals surface area contributed by atoms with Crippen LogP contribution in [0.25, 0.3) is 0 Å². The first kappa shape index (κ1) is 17.0. The van der Waals surface area contributed by atoms with Crippen LogP contribution in [0, 0.1) is 0 Å². The van der Waals surface area contributed by atoms with E-state index in [1.807, 2.05) is 41.3 Å². The summed E-state index contributed by atoms with van der Waals surface area (Å²) in [5.74, 6) is 1.04. The van der Waals surface area contributed by atoms with Gasteiger partial charge in [-0.3, -0.25) is 9.78 Å². The van der Waals surface area contributed by atoms with Crippen LogP contribution in [0.4, 0.5) is 5.82 Å². The van der Waals surface area contributed by atoms with Gasteiger partial charge in [0.25, 0.3) is 0 Å². The van der Waals surface area contributed by atoms with Crippen molar-refractivity contribution >= 4 is 11.7 Å². The third-order valence-electron chi connectivity index (χ3n) is 5.31. The fraction of sp³-hybridized carbons (Fsp3) is 0.450. The fourth-order valence-electron chi connectivity index (χ4n) is 3.88. The number of pyridine rings is 2. The van der Waals surface area contributed by atoms with Crippen LogP contribution in [-0.4, -0.2) is 52.1 Å². The molecule has 0 saturated carbocycles. The number of hydrogen-bond acceptors (Lipinski definition) is 5. The molecule has 26 heavy (non-hydrogen) atoms. The molecule has 2 aliphatic rings. The van der Waals surface area contributed by atoms with Crippen molar-refractivity contribution in [1.29, 1.82) is 0 Å². The van der Waals surface area contributed by atoms with E-state index < -0.39 is 0 Å². The van der Waals surface area contributed by atoms with E-state index in [0.29, 0.717) is 13.0 Å². The smallest absolute Gasteiger partial charge is 0.228 e. The molecule has 2 fully saturated rings. The number of likely N-dealkylation sites (tertiary alicyclic amines) is 1. The van der Waals surface area contributed by atoms with Crippen molar-refractivity contribution in [3.8, 4) is 0 Å². The predicted octanol–water partition coefficient (Wildman–Crippen LogP) is 2.28. The molecule has 4 heterocycles. The van der Waals surface area contributed by atoms with Crippen molar-refractivity contribution < 1.29 is 9.53 Å². The summed E-state index contributed by atoms with van der Waals surface area (Å²) in [5, 5.41) is 3.45. The Kier molecular flexibility index (Phi) is 4.84. The summed E-state index contributed by atoms with van der Waals surface area (Å²) in [5.41, 5.74) is 0.725. The monoisotopic (exact) mass is 352 g/mol. The van der Waals surface area contributed by atoms with E-state index in [1.54, 1.807) is 12.4 Å². The van der Waals surface area contributed by atoms with Crippen molar-refractivity contribution in [2.24, 2.45) is 0 Å². The number of nitrogens with zero attached hydrogens (tertiary/aromatic N) is 3. The molecule has 0 radical (unpaired) electrons. The van der Waals surface area contributed by atoms with Gasteiger partial charge >= 0.3 is 0 Å². The molecule has 6 heteroatoms. The van der Waals surface area contributed by atoms with E-state index >= 15 is 0 Å². The molecular weight excluding hydrogens is 328 g/mol. The Bertz CT molecular complexity index is 730. The van der Waals surface area contributed by atoms with Crippen molar-refractivity contribution in [3.05, 3.63) is 54.5 Å². The maximum absolute atomic E-state index is 12.5. The molecule has 1 atom stereocenters. The van der Waals surface area contributed by atoms with Gasteiger partial charge in [0.2, 0.25) is 5.91 Å². The molecule has 0 unspecified atom stereocenters. The first-order valence-corrected chi connectivity index (χ1v) is 9.22. The van der Waals surface area contributed by atoms with Crippen LogP contribution >= 0.6 is 0 Å². The Morgan fingerprint density at radius 3 is 2.62 bits per heavy atom. The second-order valence-electron chi connectivity index (χ2n) is 7.13. The molecule has 1 spiro atoms. The molecule has 0 aromatic carbocycles. The number of rotatable bonds is 4. The van der Waals surface area contributed by atoms with Gasteiger partial charge in [0.1, 0.15) is 5.82 Å². The number of carbonyl (C=O) groups is 1. The topological polar surface area (TPSA) is 67.4 Å². The van der Waals surface area contributed by atoms with Crippen LogP contribution in [0.15, 0.2) is 48.8 Å². The molecule has 6 nitrogen and oxygen atoms in total. The summed E-state index contributed by atoms with van der Waals surface area (Å²) in [6.07, 6.45) is 6.64. The van der Waals surface area contributed by atoms with Crippen molar-refractivity contribution in [3.63, 3.8) is 0 Å². The van der Waals surface area contributed by atoms with Gasteiger partial charge < -0.3 is 15.0 Å². The first-order valence-electron chi connectivity index (χ1n) is 9.22. The van der Waals surface area contributed by atoms with E-state index in [2.05, 4.69) is 15.3 Å². The SMILES string of the molecule is O=C(Cc1ccccn1)N1CCC2(CC1)C[C@H](Nc1ccccn1)CO2. The van der Waals surface area contributed by atoms with Gasteiger partial charge in [-0.15, -0.1) is 0 Å². The van der Waals surface area contributed by atoms with E-state index in [0.717, 1.165) is 43.9 Å². The molecule has 4 rings (SSSR count). The molecule has 2 aromatic rings. The van der Waals surface area contributed by atoms with E-state index in [1.165, 1.54) is 0 Å². The lowest BCUT2D eigenvalue weighted by Crippen LogP contribution is -2.47. The van der Waals surface area contributed by atoms with Crippen molar-refractivity contribution in [2.75, 3.05) is 25.0 Å². The van der Waals surface area contributed by atoms with Crippen LogP contribution in [-0.2, 0) is 16.0 Å². The summed E-state index contributed by atoms with van der Waals surface area (Å²) in [4.78, 5) is 23.0. The average molecular weight is 352 g/mol. The molecule has 2 aromatic heterocycles. The van der Waals surface area contributed by atoms with Crippen LogP contribution in [0.2, 0.25) is 0 Å². The summed E-state index contributed by atoms with van der Waals surface area (Å²) in [6, 6.07) is 11.8. The zero-order valence-corrected chi connectivity index (χ0v) is 14.8. The molecular formula is C20H24N4O2. The lowest BCUT2D eigenvalue weighted by atomic mass is 9.87. The van der Waals surface area contributed by atoms with Crippen LogP contribution in [0.3, 0.4) is 0 Å². The number of amides is 1. The second kappa shape index (κ2) is 7.41. The van der Waals surface area contributed by atoms with Crippen LogP contribution in [0.5, 0.6) is 0 Å². The maximum atomic E-state index is 12.5. The highest BCUT2D eigenvalue weighted by molar-refractivity contribution is 5.78. The predicted molar refractivity (Wildman–Crippen MR) is 98.7 cm³/mol. The number of ether oxygens (including phenoxy) is 1. The Balaban J connectivity index is 1.29. The van der Waals surface area contributed by atoms with E-state index in [4.69, 9.17) is 4.74 Å². The molecule has 1 N–H and O–H groups in total. The zero-order valence-electron chi connectivity index (χ0n) is 14.8. The van der Waals surface area contributed by atoms with Crippen LogP contribution < -0.4 is 5.32 Å². The Labute approximate surface area is 153 Å². The van der Waals surface area contributed by atoms with Crippen molar-refractivity contribution in [1.82, 2.24) is 14.9 Å². The first-order chi connectivity index (χ1) is 12.7. The minimum absolute atomic E-state index is 0.103. The minimum atomic E-state index is -0.103. The highest BCUT2D eigenvalue weighted by atomic mass is 16.5. The molecule has 2 saturated heterocycles. The average Bonchev–Trinajstić information content (AvgIpc) is 3.06. The summed E-state index contributed by atoms with van der Waals surface area (Å²) in [7, 11) is 0. The molecule has 1 amide bonds. The van der Waals surface area contributed by atoms with Gasteiger partial charge in [0.15, 0.2) is 0 Å². The zero-order chi connectivity index (χ0) is 17.8. The summed E-state index contributed by atoms with van der Waals surface area (Å²) < 4.78 is 6.17. The van der Waals surface area contributed by atoms with Crippen LogP contribution in [0.1, 0.15) is 25.0 Å². The maximum Gasteiger partial charge on any atom is 0.228 e. The van der Waals surface area contributed by atoms with E-state index in [9.17, 15) is 4.79 Å². The standard InChI is InChI=1S/C20H24N4O2/c25-19(13-16-5-1-3-9-21-16)24-11-7-20(8-12-24)14-17(15-26-20)23-18-6-2-4-10-22-18/h1-6,9-10,17H,7-8,11-15H2,(H,22,23)/t17-/m0/s1. The van der Waals surface area contributed by atoms with Gasteiger partial charge in [0, 0.05) is 31.2 Å². The number of aromatic nitrogens is 2. The van der Waals surface area contributed by atoms with E-state index in [-0.39, 0.29) is 17.6 Å². The lowest BCUT2D eigenvalue weighted by molar-refractivity contribution is -0.135. The number of carbonyl (C=O) groups excluding carboxylic acids is 1. The van der Waals surface area contributed by atoms with Gasteiger partial charge in [-0.05, 0) is 43.5 Å². The number of anilines is 1. The van der Waals surface area contributed by atoms with Gasteiger partial charge in [0.05, 0.1) is 24.7 Å². The fourth-order valence-corrected chi connectivity index (χ4v) is 3.88. The number of nitrogens with one attached hydrogen (secondary N) is 1. The third kappa shape index (κ3) is 3.85. The van der Waals surface area contributed by atoms with Crippen molar-refractivity contribution in [2.45, 2.75) is 37.3 Å². The molecule has 0 aliphatic carbocycles. The highest BCUT2D eigenvalue weighted by Crippen LogP contribution is 2.36. The van der Waals surface area contributed by atoms with Gasteiger partial charge in [-0.25, -0.2) is 4.98 Å². The second-order valence-corrected chi connectivity index (χ2v) is 7.13. The normalized spacial score (nSPS) is 21.7. The third-order valence-corrected chi connectivity index (χ3v) is 5.31. The highest BCUT2D eigenvalue weighted by Gasteiger charge is 2.43. The van der Waals surface area contributed by atoms with Gasteiger partial charge in [-0.2, -0.15) is 0 Å². The molecule has 2 aliphatic heterocycles. The number of piperidine rings is 1. The minimum Gasteiger partial charge on any atom is -0.373 e. The molecule has 0 bridgehead atoms. The Morgan fingerprint density at radius 2 is 1.92 bits per heavy atom. The largest absolute Gasteiger partial charge is 0.373 e.